The molecule has 134 valence electrons. The molecule has 0 aliphatic rings. The summed E-state index contributed by atoms with van der Waals surface area (Å²) in [4.78, 5) is 13.3. The highest BCUT2D eigenvalue weighted by Gasteiger charge is 2.09. The number of thioether (sulfide) groups is 1. The van der Waals surface area contributed by atoms with Crippen molar-refractivity contribution in [3.63, 3.8) is 0 Å². The molecule has 0 fully saturated rings. The van der Waals surface area contributed by atoms with Crippen molar-refractivity contribution in [3.05, 3.63) is 72.0 Å². The Balaban J connectivity index is 1.42. The van der Waals surface area contributed by atoms with Crippen molar-refractivity contribution < 1.29 is 4.79 Å². The number of carbonyl (C=O) groups excluding carboxylic acids is 1. The van der Waals surface area contributed by atoms with Crippen LogP contribution in [0, 0.1) is 0 Å². The summed E-state index contributed by atoms with van der Waals surface area (Å²) in [5.41, 5.74) is 1.53. The lowest BCUT2D eigenvalue weighted by Gasteiger charge is -2.09. The fourth-order valence-electron chi connectivity index (χ4n) is 2.70. The Labute approximate surface area is 164 Å². The van der Waals surface area contributed by atoms with Gasteiger partial charge < -0.3 is 5.32 Å². The third-order valence-corrected chi connectivity index (χ3v) is 5.31. The van der Waals surface area contributed by atoms with Crippen LogP contribution in [-0.4, -0.2) is 31.9 Å². The smallest absolute Gasteiger partial charge is 0.234 e. The van der Waals surface area contributed by atoms with Gasteiger partial charge in [-0.1, -0.05) is 35.9 Å². The Bertz CT molecular complexity index is 1080. The van der Waals surface area contributed by atoms with Crippen LogP contribution in [0.4, 0.5) is 5.69 Å². The molecular weight excluding hydrogens is 382 g/mol. The number of nitrogens with one attached hydrogen (secondary N) is 1. The summed E-state index contributed by atoms with van der Waals surface area (Å²) >= 11 is 7.80. The highest BCUT2D eigenvalue weighted by atomic mass is 35.5. The monoisotopic (exact) mass is 395 g/mol. The Morgan fingerprint density at radius 3 is 2.59 bits per heavy atom. The highest BCUT2D eigenvalue weighted by molar-refractivity contribution is 8.00. The van der Waals surface area contributed by atoms with E-state index in [1.54, 1.807) is 4.68 Å². The summed E-state index contributed by atoms with van der Waals surface area (Å²) in [6.45, 7) is 0. The van der Waals surface area contributed by atoms with Gasteiger partial charge in [-0.2, -0.15) is 0 Å². The van der Waals surface area contributed by atoms with Gasteiger partial charge in [0.1, 0.15) is 6.33 Å². The van der Waals surface area contributed by atoms with Gasteiger partial charge in [-0.05, 0) is 52.2 Å². The summed E-state index contributed by atoms with van der Waals surface area (Å²) in [6, 6.07) is 19.1. The molecule has 1 aromatic heterocycles. The van der Waals surface area contributed by atoms with Gasteiger partial charge in [0.05, 0.1) is 11.4 Å². The molecule has 3 aromatic carbocycles. The molecule has 0 spiro atoms. The number of rotatable bonds is 5. The average Bonchev–Trinajstić information content (AvgIpc) is 3.22. The Morgan fingerprint density at radius 1 is 1.07 bits per heavy atom. The van der Waals surface area contributed by atoms with Crippen LogP contribution in [0.1, 0.15) is 0 Å². The number of anilines is 1. The lowest BCUT2D eigenvalue weighted by Crippen LogP contribution is -2.14. The maximum atomic E-state index is 12.3. The second-order valence-corrected chi connectivity index (χ2v) is 7.16. The molecule has 1 N–H and O–H groups in total. The van der Waals surface area contributed by atoms with Crippen molar-refractivity contribution >= 4 is 45.7 Å². The van der Waals surface area contributed by atoms with Crippen LogP contribution in [0.3, 0.4) is 0 Å². The molecule has 1 amide bonds. The van der Waals surface area contributed by atoms with Gasteiger partial charge in [0.2, 0.25) is 5.91 Å². The van der Waals surface area contributed by atoms with E-state index in [1.807, 2.05) is 60.7 Å². The molecule has 8 heteroatoms. The van der Waals surface area contributed by atoms with E-state index >= 15 is 0 Å². The van der Waals surface area contributed by atoms with Crippen LogP contribution in [0.2, 0.25) is 5.02 Å². The summed E-state index contributed by atoms with van der Waals surface area (Å²) in [5, 5.41) is 16.6. The van der Waals surface area contributed by atoms with Gasteiger partial charge in [0.25, 0.3) is 0 Å². The van der Waals surface area contributed by atoms with E-state index in [1.165, 1.54) is 18.1 Å². The number of amides is 1. The molecule has 0 bridgehead atoms. The predicted octanol–water partition coefficient (Wildman–Crippen LogP) is 4.20. The molecule has 0 saturated heterocycles. The minimum absolute atomic E-state index is 0.0840. The third-order valence-electron chi connectivity index (χ3n) is 3.94. The van der Waals surface area contributed by atoms with E-state index in [-0.39, 0.29) is 5.91 Å². The molecule has 0 saturated carbocycles. The van der Waals surface area contributed by atoms with Crippen molar-refractivity contribution in [3.8, 4) is 5.69 Å². The van der Waals surface area contributed by atoms with Crippen LogP contribution < -0.4 is 5.32 Å². The first-order chi connectivity index (χ1) is 13.2. The first-order valence-corrected chi connectivity index (χ1v) is 9.50. The van der Waals surface area contributed by atoms with E-state index in [9.17, 15) is 4.79 Å². The fraction of sp³-hybridized carbons (Fsp3) is 0.0526. The number of hydrogen-bond donors (Lipinski definition) is 1. The van der Waals surface area contributed by atoms with Crippen molar-refractivity contribution in [1.82, 2.24) is 20.2 Å². The van der Waals surface area contributed by atoms with Crippen molar-refractivity contribution in [2.24, 2.45) is 0 Å². The normalized spacial score (nSPS) is 10.9. The fourth-order valence-corrected chi connectivity index (χ4v) is 3.95. The second-order valence-electron chi connectivity index (χ2n) is 5.73. The Kier molecular flexibility index (Phi) is 5.04. The summed E-state index contributed by atoms with van der Waals surface area (Å²) < 4.78 is 1.55. The third kappa shape index (κ3) is 3.94. The number of nitrogens with zero attached hydrogens (tertiary/aromatic N) is 4. The first kappa shape index (κ1) is 17.5. The zero-order valence-electron chi connectivity index (χ0n) is 14.0. The maximum Gasteiger partial charge on any atom is 0.234 e. The molecule has 4 rings (SSSR count). The molecule has 6 nitrogen and oxygen atoms in total. The second kappa shape index (κ2) is 7.77. The van der Waals surface area contributed by atoms with Crippen LogP contribution in [0.5, 0.6) is 0 Å². The first-order valence-electron chi connectivity index (χ1n) is 8.14. The molecule has 0 aliphatic heterocycles. The lowest BCUT2D eigenvalue weighted by molar-refractivity contribution is -0.113. The number of hydrogen-bond acceptors (Lipinski definition) is 5. The number of aromatic nitrogens is 4. The topological polar surface area (TPSA) is 72.7 Å². The quantitative estimate of drug-likeness (QED) is 0.513. The number of benzene rings is 3. The number of tetrazole rings is 1. The van der Waals surface area contributed by atoms with Crippen LogP contribution in [-0.2, 0) is 4.79 Å². The van der Waals surface area contributed by atoms with Gasteiger partial charge >= 0.3 is 0 Å². The summed E-state index contributed by atoms with van der Waals surface area (Å²) in [6.07, 6.45) is 1.51. The number of carbonyl (C=O) groups is 1. The molecule has 0 aliphatic carbocycles. The van der Waals surface area contributed by atoms with E-state index in [0.29, 0.717) is 16.5 Å². The Hall–Kier alpha value is -2.90. The lowest BCUT2D eigenvalue weighted by atomic mass is 10.1. The van der Waals surface area contributed by atoms with Gasteiger partial charge in [-0.25, -0.2) is 4.68 Å². The molecule has 0 unspecified atom stereocenters. The SMILES string of the molecule is O=C(CSc1cccc2cccc(Cl)c12)Nc1ccc(-n2cnnn2)cc1. The Morgan fingerprint density at radius 2 is 1.85 bits per heavy atom. The molecular formula is C19H14ClN5OS. The predicted molar refractivity (Wildman–Crippen MR) is 107 cm³/mol. The molecule has 0 radical (unpaired) electrons. The molecule has 4 aromatic rings. The van der Waals surface area contributed by atoms with E-state index in [4.69, 9.17) is 11.6 Å². The van der Waals surface area contributed by atoms with E-state index in [0.717, 1.165) is 21.4 Å². The van der Waals surface area contributed by atoms with Crippen molar-refractivity contribution in [2.45, 2.75) is 4.90 Å². The van der Waals surface area contributed by atoms with Crippen LogP contribution >= 0.6 is 23.4 Å². The molecule has 27 heavy (non-hydrogen) atoms. The van der Waals surface area contributed by atoms with Crippen LogP contribution in [0.15, 0.2) is 71.9 Å². The van der Waals surface area contributed by atoms with Gasteiger partial charge in [-0.15, -0.1) is 16.9 Å². The summed E-state index contributed by atoms with van der Waals surface area (Å²) in [5.74, 6) is 0.207. The minimum Gasteiger partial charge on any atom is -0.325 e. The largest absolute Gasteiger partial charge is 0.325 e. The standard InChI is InChI=1S/C19H14ClN5OS/c20-16-5-1-3-13-4-2-6-17(19(13)16)27-11-18(26)22-14-7-9-15(10-8-14)25-12-21-23-24-25/h1-10,12H,11H2,(H,22,26). The maximum absolute atomic E-state index is 12.3. The molecule has 1 heterocycles. The van der Waals surface area contributed by atoms with Crippen molar-refractivity contribution in [2.75, 3.05) is 11.1 Å². The zero-order valence-corrected chi connectivity index (χ0v) is 15.6. The zero-order chi connectivity index (χ0) is 18.6. The minimum atomic E-state index is -0.0840. The number of fused-ring (bicyclic) bond motifs is 1. The number of halogens is 1. The van der Waals surface area contributed by atoms with Crippen LogP contribution in [0.25, 0.3) is 16.5 Å². The van der Waals surface area contributed by atoms with Gasteiger partial charge in [0.15, 0.2) is 0 Å². The van der Waals surface area contributed by atoms with E-state index in [2.05, 4.69) is 20.8 Å². The average molecular weight is 396 g/mol. The van der Waals surface area contributed by atoms with Gasteiger partial charge in [0, 0.05) is 21.0 Å². The van der Waals surface area contributed by atoms with Gasteiger partial charge in [-0.3, -0.25) is 4.79 Å². The summed E-state index contributed by atoms with van der Waals surface area (Å²) in [7, 11) is 0. The van der Waals surface area contributed by atoms with Crippen molar-refractivity contribution in [1.29, 1.82) is 0 Å². The molecule has 0 atom stereocenters. The van der Waals surface area contributed by atoms with E-state index < -0.39 is 0 Å². The highest BCUT2D eigenvalue weighted by Crippen LogP contribution is 2.33.